The van der Waals surface area contributed by atoms with Crippen molar-refractivity contribution in [3.63, 3.8) is 0 Å². The Morgan fingerprint density at radius 1 is 1.08 bits per heavy atom. The number of hydrogen-bond donors (Lipinski definition) is 0. The van der Waals surface area contributed by atoms with E-state index in [-0.39, 0.29) is 22.5 Å². The van der Waals surface area contributed by atoms with Gasteiger partial charge in [-0.3, -0.25) is 9.36 Å². The molecule has 0 saturated heterocycles. The lowest BCUT2D eigenvalue weighted by Gasteiger charge is -2.15. The number of hydrogen-bond acceptors (Lipinski definition) is 4. The van der Waals surface area contributed by atoms with Crippen LogP contribution in [0.3, 0.4) is 0 Å². The van der Waals surface area contributed by atoms with Crippen LogP contribution in [0.4, 0.5) is 0 Å². The molecular formula is C19H19NO4S. The number of benzene rings is 2. The molecule has 6 heteroatoms. The van der Waals surface area contributed by atoms with Gasteiger partial charge in [-0.1, -0.05) is 18.2 Å². The average molecular weight is 357 g/mol. The van der Waals surface area contributed by atoms with Crippen molar-refractivity contribution in [1.82, 2.24) is 4.57 Å². The Hall–Kier alpha value is -2.60. The van der Waals surface area contributed by atoms with Crippen LogP contribution in [0, 0.1) is 0 Å². The number of rotatable bonds is 4. The number of para-hydroxylation sites is 1. The predicted molar refractivity (Wildman–Crippen MR) is 97.0 cm³/mol. The molecule has 0 fully saturated rings. The van der Waals surface area contributed by atoms with Crippen LogP contribution in [-0.2, 0) is 9.84 Å². The normalized spacial score (nSPS) is 11.8. The molecule has 0 aliphatic rings. The Labute approximate surface area is 146 Å². The van der Waals surface area contributed by atoms with Gasteiger partial charge in [-0.2, -0.15) is 0 Å². The Bertz CT molecular complexity index is 1050. The molecule has 0 aliphatic heterocycles. The first-order valence-electron chi connectivity index (χ1n) is 7.89. The van der Waals surface area contributed by atoms with Crippen LogP contribution in [0.1, 0.15) is 24.2 Å². The molecule has 0 atom stereocenters. The van der Waals surface area contributed by atoms with E-state index in [1.54, 1.807) is 6.20 Å². The molecule has 130 valence electrons. The number of nitrogens with zero attached hydrogens (tertiary/aromatic N) is 1. The van der Waals surface area contributed by atoms with E-state index in [2.05, 4.69) is 0 Å². The Morgan fingerprint density at radius 2 is 1.80 bits per heavy atom. The minimum Gasteiger partial charge on any atom is -0.490 e. The van der Waals surface area contributed by atoms with E-state index in [0.29, 0.717) is 5.75 Å². The second-order valence-electron chi connectivity index (χ2n) is 6.15. The SMILES string of the molecule is CC(C)Oc1ccc(S(C)(=O)=O)cc1C(=O)n1ccc2ccccc21. The fraction of sp³-hybridized carbons (Fsp3) is 0.211. The van der Waals surface area contributed by atoms with E-state index >= 15 is 0 Å². The topological polar surface area (TPSA) is 65.4 Å². The largest absolute Gasteiger partial charge is 0.490 e. The number of sulfone groups is 1. The van der Waals surface area contributed by atoms with Gasteiger partial charge in [-0.05, 0) is 44.2 Å². The maximum absolute atomic E-state index is 13.1. The zero-order valence-electron chi connectivity index (χ0n) is 14.3. The summed E-state index contributed by atoms with van der Waals surface area (Å²) in [5, 5.41) is 0.932. The van der Waals surface area contributed by atoms with Crippen molar-refractivity contribution < 1.29 is 17.9 Å². The number of carbonyl (C=O) groups is 1. The van der Waals surface area contributed by atoms with Crippen LogP contribution < -0.4 is 4.74 Å². The predicted octanol–water partition coefficient (Wildman–Crippen LogP) is 3.52. The van der Waals surface area contributed by atoms with Crippen molar-refractivity contribution >= 4 is 26.6 Å². The first-order valence-corrected chi connectivity index (χ1v) is 9.78. The van der Waals surface area contributed by atoms with Gasteiger partial charge in [-0.15, -0.1) is 0 Å². The molecule has 1 aromatic heterocycles. The fourth-order valence-corrected chi connectivity index (χ4v) is 3.30. The molecule has 2 aromatic carbocycles. The van der Waals surface area contributed by atoms with Crippen molar-refractivity contribution in [1.29, 1.82) is 0 Å². The molecule has 1 heterocycles. The quantitative estimate of drug-likeness (QED) is 0.717. The molecule has 0 saturated carbocycles. The van der Waals surface area contributed by atoms with Gasteiger partial charge < -0.3 is 4.74 Å². The highest BCUT2D eigenvalue weighted by Crippen LogP contribution is 2.26. The van der Waals surface area contributed by atoms with Crippen LogP contribution in [0.25, 0.3) is 10.9 Å². The minimum absolute atomic E-state index is 0.0865. The van der Waals surface area contributed by atoms with Crippen LogP contribution in [0.15, 0.2) is 59.6 Å². The monoisotopic (exact) mass is 357 g/mol. The van der Waals surface area contributed by atoms with E-state index in [0.717, 1.165) is 17.2 Å². The zero-order chi connectivity index (χ0) is 18.2. The van der Waals surface area contributed by atoms with Crippen LogP contribution in [0.2, 0.25) is 0 Å². The highest BCUT2D eigenvalue weighted by molar-refractivity contribution is 7.90. The molecule has 5 nitrogen and oxygen atoms in total. The molecule has 0 radical (unpaired) electrons. The lowest BCUT2D eigenvalue weighted by Crippen LogP contribution is -2.16. The Morgan fingerprint density at radius 3 is 2.48 bits per heavy atom. The summed E-state index contributed by atoms with van der Waals surface area (Å²) in [6, 6.07) is 13.7. The van der Waals surface area contributed by atoms with Gasteiger partial charge in [0.25, 0.3) is 5.91 Å². The highest BCUT2D eigenvalue weighted by Gasteiger charge is 2.20. The number of aromatic nitrogens is 1. The summed E-state index contributed by atoms with van der Waals surface area (Å²) in [4.78, 5) is 13.2. The summed E-state index contributed by atoms with van der Waals surface area (Å²) in [6.07, 6.45) is 2.65. The number of fused-ring (bicyclic) bond motifs is 1. The molecule has 3 aromatic rings. The smallest absolute Gasteiger partial charge is 0.266 e. The fourth-order valence-electron chi connectivity index (χ4n) is 2.65. The summed E-state index contributed by atoms with van der Waals surface area (Å²) >= 11 is 0. The summed E-state index contributed by atoms with van der Waals surface area (Å²) in [6.45, 7) is 3.70. The van der Waals surface area contributed by atoms with E-state index in [1.807, 2.05) is 44.2 Å². The molecule has 0 aliphatic carbocycles. The second kappa shape index (κ2) is 6.37. The standard InChI is InChI=1S/C19H19NO4S/c1-13(2)24-18-9-8-15(25(3,22)23)12-16(18)19(21)20-11-10-14-6-4-5-7-17(14)20/h4-13H,1-3H3. The van der Waals surface area contributed by atoms with E-state index in [9.17, 15) is 13.2 Å². The maximum atomic E-state index is 13.1. The van der Waals surface area contributed by atoms with Crippen molar-refractivity contribution in [2.45, 2.75) is 24.8 Å². The average Bonchev–Trinajstić information content (AvgIpc) is 2.97. The second-order valence-corrected chi connectivity index (χ2v) is 8.16. The molecule has 0 N–H and O–H groups in total. The van der Waals surface area contributed by atoms with Crippen molar-refractivity contribution in [2.75, 3.05) is 6.26 Å². The van der Waals surface area contributed by atoms with Crippen molar-refractivity contribution in [3.05, 3.63) is 60.3 Å². The summed E-state index contributed by atoms with van der Waals surface area (Å²) in [5.74, 6) is 0.0348. The van der Waals surface area contributed by atoms with Crippen molar-refractivity contribution in [3.8, 4) is 5.75 Å². The lowest BCUT2D eigenvalue weighted by atomic mass is 10.1. The maximum Gasteiger partial charge on any atom is 0.266 e. The molecule has 25 heavy (non-hydrogen) atoms. The first kappa shape index (κ1) is 17.2. The summed E-state index contributed by atoms with van der Waals surface area (Å²) in [5.41, 5.74) is 0.978. The van der Waals surface area contributed by atoms with Crippen LogP contribution in [0.5, 0.6) is 5.75 Å². The van der Waals surface area contributed by atoms with Gasteiger partial charge in [0.1, 0.15) is 5.75 Å². The molecule has 0 spiro atoms. The third-order valence-corrected chi connectivity index (χ3v) is 4.90. The molecular weight excluding hydrogens is 338 g/mol. The first-order chi connectivity index (χ1) is 11.8. The highest BCUT2D eigenvalue weighted by atomic mass is 32.2. The van der Waals surface area contributed by atoms with Crippen molar-refractivity contribution in [2.24, 2.45) is 0 Å². The number of carbonyl (C=O) groups excluding carboxylic acids is 1. The van der Waals surface area contributed by atoms with E-state index in [4.69, 9.17) is 4.74 Å². The Kier molecular flexibility index (Phi) is 4.39. The number of ether oxygens (including phenoxy) is 1. The van der Waals surface area contributed by atoms with E-state index in [1.165, 1.54) is 22.8 Å². The van der Waals surface area contributed by atoms with Gasteiger partial charge >= 0.3 is 0 Å². The Balaban J connectivity index is 2.17. The molecule has 3 rings (SSSR count). The van der Waals surface area contributed by atoms with Crippen LogP contribution in [-0.4, -0.2) is 31.3 Å². The van der Waals surface area contributed by atoms with Gasteiger partial charge in [0.05, 0.1) is 22.1 Å². The summed E-state index contributed by atoms with van der Waals surface area (Å²) in [7, 11) is -3.43. The van der Waals surface area contributed by atoms with Gasteiger partial charge in [0.2, 0.25) is 0 Å². The lowest BCUT2D eigenvalue weighted by molar-refractivity contribution is 0.0959. The van der Waals surface area contributed by atoms with Gasteiger partial charge in [-0.25, -0.2) is 8.42 Å². The minimum atomic E-state index is -3.43. The molecule has 0 unspecified atom stereocenters. The van der Waals surface area contributed by atoms with Gasteiger partial charge in [0, 0.05) is 17.8 Å². The molecule has 0 amide bonds. The third-order valence-electron chi connectivity index (χ3n) is 3.79. The van der Waals surface area contributed by atoms with E-state index < -0.39 is 9.84 Å². The summed E-state index contributed by atoms with van der Waals surface area (Å²) < 4.78 is 31.0. The molecule has 0 bridgehead atoms. The zero-order valence-corrected chi connectivity index (χ0v) is 15.1. The third kappa shape index (κ3) is 3.44. The van der Waals surface area contributed by atoms with Crippen LogP contribution >= 0.6 is 0 Å². The van der Waals surface area contributed by atoms with Gasteiger partial charge in [0.15, 0.2) is 9.84 Å².